The standard InChI is InChI=1S/C22H19ClN4O4/c1-10-6-14(12(3)26-16-4-5-17(23)27-18(16)22(29)30)21-15(7-10)19(28)11(2)20(31-21)13-8-24-25-9-13/h4-9,12,26H,1-3H3,(H,24,25)(H,29,30)/t12-/m1/s1. The van der Waals surface area contributed by atoms with Crippen LogP contribution in [0.3, 0.4) is 0 Å². The molecule has 0 aliphatic heterocycles. The monoisotopic (exact) mass is 438 g/mol. The summed E-state index contributed by atoms with van der Waals surface area (Å²) in [6.07, 6.45) is 3.25. The Kier molecular flexibility index (Phi) is 5.24. The molecule has 1 atom stereocenters. The number of hydrogen-bond donors (Lipinski definition) is 3. The molecule has 0 saturated heterocycles. The topological polar surface area (TPSA) is 121 Å². The maximum Gasteiger partial charge on any atom is 0.356 e. The molecule has 3 aromatic heterocycles. The molecule has 0 spiro atoms. The maximum atomic E-state index is 13.1. The minimum atomic E-state index is -1.20. The summed E-state index contributed by atoms with van der Waals surface area (Å²) < 4.78 is 6.21. The molecule has 0 bridgehead atoms. The third-order valence-corrected chi connectivity index (χ3v) is 5.27. The summed E-state index contributed by atoms with van der Waals surface area (Å²) in [5.74, 6) is -0.765. The molecule has 8 nitrogen and oxygen atoms in total. The molecule has 158 valence electrons. The van der Waals surface area contributed by atoms with Gasteiger partial charge in [0.25, 0.3) is 0 Å². The van der Waals surface area contributed by atoms with Crippen molar-refractivity contribution in [2.75, 3.05) is 5.32 Å². The molecule has 0 aliphatic carbocycles. The Morgan fingerprint density at radius 3 is 2.74 bits per heavy atom. The molecule has 0 radical (unpaired) electrons. The highest BCUT2D eigenvalue weighted by molar-refractivity contribution is 6.29. The number of nitrogens with zero attached hydrogens (tertiary/aromatic N) is 2. The summed E-state index contributed by atoms with van der Waals surface area (Å²) in [6.45, 7) is 5.46. The summed E-state index contributed by atoms with van der Waals surface area (Å²) in [7, 11) is 0. The molecular weight excluding hydrogens is 420 g/mol. The number of aryl methyl sites for hydroxylation is 1. The zero-order valence-electron chi connectivity index (χ0n) is 17.0. The molecule has 4 rings (SSSR count). The van der Waals surface area contributed by atoms with Crippen LogP contribution in [0.1, 0.15) is 40.1 Å². The Bertz CT molecular complexity index is 1360. The number of carboxylic acids is 1. The van der Waals surface area contributed by atoms with Crippen LogP contribution in [0.5, 0.6) is 0 Å². The number of aromatic carboxylic acids is 1. The van der Waals surface area contributed by atoms with E-state index in [1.165, 1.54) is 6.07 Å². The molecule has 9 heteroatoms. The van der Waals surface area contributed by atoms with Crippen molar-refractivity contribution in [3.63, 3.8) is 0 Å². The summed E-state index contributed by atoms with van der Waals surface area (Å²) in [5, 5.41) is 19.8. The Morgan fingerprint density at radius 1 is 1.29 bits per heavy atom. The van der Waals surface area contributed by atoms with E-state index >= 15 is 0 Å². The van der Waals surface area contributed by atoms with Crippen molar-refractivity contribution in [3.8, 4) is 11.3 Å². The molecule has 1 aromatic carbocycles. The van der Waals surface area contributed by atoms with E-state index < -0.39 is 12.0 Å². The van der Waals surface area contributed by atoms with Gasteiger partial charge in [0.15, 0.2) is 11.1 Å². The SMILES string of the molecule is Cc1cc([C@@H](C)Nc2ccc(Cl)nc2C(=O)O)c2oc(-c3cn[nH]c3)c(C)c(=O)c2c1. The average molecular weight is 439 g/mol. The summed E-state index contributed by atoms with van der Waals surface area (Å²) in [4.78, 5) is 28.6. The van der Waals surface area contributed by atoms with Gasteiger partial charge in [0.05, 0.1) is 28.9 Å². The third-order valence-electron chi connectivity index (χ3n) is 5.05. The van der Waals surface area contributed by atoms with Gasteiger partial charge in [0.2, 0.25) is 0 Å². The second-order valence-corrected chi connectivity index (χ2v) is 7.69. The van der Waals surface area contributed by atoms with Crippen molar-refractivity contribution >= 4 is 34.2 Å². The number of carbonyl (C=O) groups is 1. The zero-order chi connectivity index (χ0) is 22.3. The summed E-state index contributed by atoms with van der Waals surface area (Å²) in [5.41, 5.74) is 3.16. The Hall–Kier alpha value is -3.65. The number of halogens is 1. The lowest BCUT2D eigenvalue weighted by molar-refractivity contribution is 0.0691. The van der Waals surface area contributed by atoms with Crippen LogP contribution in [0.4, 0.5) is 5.69 Å². The quantitative estimate of drug-likeness (QED) is 0.385. The second kappa shape index (κ2) is 7.88. The van der Waals surface area contributed by atoms with Crippen LogP contribution in [-0.2, 0) is 0 Å². The summed E-state index contributed by atoms with van der Waals surface area (Å²) >= 11 is 5.85. The van der Waals surface area contributed by atoms with E-state index in [1.807, 2.05) is 19.9 Å². The predicted molar refractivity (Wildman–Crippen MR) is 118 cm³/mol. The van der Waals surface area contributed by atoms with Crippen LogP contribution in [0, 0.1) is 13.8 Å². The van der Waals surface area contributed by atoms with Gasteiger partial charge in [-0.2, -0.15) is 5.10 Å². The number of fused-ring (bicyclic) bond motifs is 1. The minimum Gasteiger partial charge on any atom is -0.476 e. The fraction of sp³-hybridized carbons (Fsp3) is 0.182. The van der Waals surface area contributed by atoms with Gasteiger partial charge in [-0.05, 0) is 44.5 Å². The van der Waals surface area contributed by atoms with Crippen molar-refractivity contribution in [2.45, 2.75) is 26.8 Å². The Balaban J connectivity index is 1.88. The van der Waals surface area contributed by atoms with Crippen molar-refractivity contribution in [1.29, 1.82) is 0 Å². The number of nitrogens with one attached hydrogen (secondary N) is 2. The highest BCUT2D eigenvalue weighted by Crippen LogP contribution is 2.32. The molecule has 0 amide bonds. The van der Waals surface area contributed by atoms with E-state index in [-0.39, 0.29) is 16.3 Å². The smallest absolute Gasteiger partial charge is 0.356 e. The highest BCUT2D eigenvalue weighted by Gasteiger charge is 2.21. The van der Waals surface area contributed by atoms with E-state index in [2.05, 4.69) is 20.5 Å². The first kappa shape index (κ1) is 20.6. The number of aromatic nitrogens is 3. The predicted octanol–water partition coefficient (Wildman–Crippen LogP) is 4.72. The van der Waals surface area contributed by atoms with Crippen LogP contribution in [0.25, 0.3) is 22.3 Å². The van der Waals surface area contributed by atoms with Gasteiger partial charge in [-0.3, -0.25) is 9.89 Å². The van der Waals surface area contributed by atoms with Gasteiger partial charge in [-0.1, -0.05) is 17.7 Å². The van der Waals surface area contributed by atoms with Crippen molar-refractivity contribution in [3.05, 3.63) is 74.4 Å². The number of benzene rings is 1. The maximum absolute atomic E-state index is 13.1. The molecule has 3 N–H and O–H groups in total. The largest absolute Gasteiger partial charge is 0.476 e. The molecule has 0 fully saturated rings. The lowest BCUT2D eigenvalue weighted by atomic mass is 9.99. The van der Waals surface area contributed by atoms with Crippen LogP contribution in [0.2, 0.25) is 5.15 Å². The van der Waals surface area contributed by atoms with Gasteiger partial charge in [-0.15, -0.1) is 0 Å². The van der Waals surface area contributed by atoms with E-state index in [4.69, 9.17) is 16.0 Å². The first-order chi connectivity index (χ1) is 14.8. The number of pyridine rings is 1. The minimum absolute atomic E-state index is 0.0860. The number of aromatic amines is 1. The lowest BCUT2D eigenvalue weighted by Gasteiger charge is -2.19. The van der Waals surface area contributed by atoms with Gasteiger partial charge in [0, 0.05) is 17.3 Å². The number of hydrogen-bond acceptors (Lipinski definition) is 6. The van der Waals surface area contributed by atoms with Crippen LogP contribution in [0.15, 0.2) is 45.9 Å². The number of carboxylic acid groups (broad SMARTS) is 1. The van der Waals surface area contributed by atoms with Gasteiger partial charge in [0.1, 0.15) is 16.5 Å². The van der Waals surface area contributed by atoms with Crippen molar-refractivity contribution in [1.82, 2.24) is 15.2 Å². The van der Waals surface area contributed by atoms with Crippen LogP contribution < -0.4 is 10.7 Å². The lowest BCUT2D eigenvalue weighted by Crippen LogP contribution is -2.14. The Labute approximate surface area is 181 Å². The number of H-pyrrole nitrogens is 1. The van der Waals surface area contributed by atoms with Gasteiger partial charge >= 0.3 is 5.97 Å². The number of anilines is 1. The average Bonchev–Trinajstić information content (AvgIpc) is 3.26. The van der Waals surface area contributed by atoms with E-state index in [0.29, 0.717) is 39.1 Å². The fourth-order valence-corrected chi connectivity index (χ4v) is 3.71. The molecule has 0 saturated carbocycles. The van der Waals surface area contributed by atoms with Gasteiger partial charge < -0.3 is 14.8 Å². The van der Waals surface area contributed by atoms with Gasteiger partial charge in [-0.25, -0.2) is 9.78 Å². The first-order valence-electron chi connectivity index (χ1n) is 9.49. The highest BCUT2D eigenvalue weighted by atomic mass is 35.5. The molecular formula is C22H19ClN4O4. The second-order valence-electron chi connectivity index (χ2n) is 7.30. The van der Waals surface area contributed by atoms with E-state index in [9.17, 15) is 14.7 Å². The summed E-state index contributed by atoms with van der Waals surface area (Å²) in [6, 6.07) is 6.37. The molecule has 3 heterocycles. The zero-order valence-corrected chi connectivity index (χ0v) is 17.7. The molecule has 31 heavy (non-hydrogen) atoms. The van der Waals surface area contributed by atoms with E-state index in [0.717, 1.165) is 5.56 Å². The van der Waals surface area contributed by atoms with Crippen LogP contribution in [-0.4, -0.2) is 26.3 Å². The molecule has 0 unspecified atom stereocenters. The normalized spacial score (nSPS) is 12.1. The third kappa shape index (κ3) is 3.77. The first-order valence-corrected chi connectivity index (χ1v) is 9.87. The molecule has 4 aromatic rings. The molecule has 0 aliphatic rings. The number of rotatable bonds is 5. The fourth-order valence-electron chi connectivity index (χ4n) is 3.57. The van der Waals surface area contributed by atoms with Crippen molar-refractivity contribution < 1.29 is 14.3 Å². The van der Waals surface area contributed by atoms with Crippen molar-refractivity contribution in [2.24, 2.45) is 0 Å². The van der Waals surface area contributed by atoms with Crippen LogP contribution >= 0.6 is 11.6 Å². The Morgan fingerprint density at radius 2 is 2.06 bits per heavy atom. The van der Waals surface area contributed by atoms with E-state index in [1.54, 1.807) is 31.5 Å².